The molecule has 0 aliphatic carbocycles. The van der Waals surface area contributed by atoms with E-state index in [4.69, 9.17) is 7.85 Å². The molecule has 1 heteroatoms. The molecule has 7 heavy (non-hydrogen) atoms. The molecule has 0 rings (SSSR count). The molecule has 0 bridgehead atoms. The first-order valence-corrected chi connectivity index (χ1v) is 2.94. The average Bonchev–Trinajstić information content (AvgIpc) is 1.65. The van der Waals surface area contributed by atoms with Crippen LogP contribution in [0.1, 0.15) is 27.2 Å². The van der Waals surface area contributed by atoms with Crippen LogP contribution in [0, 0.1) is 5.92 Å². The van der Waals surface area contributed by atoms with Crippen molar-refractivity contribution in [1.29, 1.82) is 0 Å². The Morgan fingerprint density at radius 2 is 1.86 bits per heavy atom. The van der Waals surface area contributed by atoms with Gasteiger partial charge in [-0.05, 0) is 0 Å². The van der Waals surface area contributed by atoms with Crippen LogP contribution in [0.15, 0.2) is 0 Å². The second-order valence-corrected chi connectivity index (χ2v) is 2.32. The molecule has 1 atom stereocenters. The third-order valence-electron chi connectivity index (χ3n) is 1.33. The van der Waals surface area contributed by atoms with E-state index < -0.39 is 0 Å². The molecule has 0 saturated carbocycles. The Bertz CT molecular complexity index is 41.4. The highest BCUT2D eigenvalue weighted by Gasteiger charge is 2.00. The summed E-state index contributed by atoms with van der Waals surface area (Å²) in [7, 11) is 5.62. The van der Waals surface area contributed by atoms with Gasteiger partial charge in [-0.15, -0.1) is 0 Å². The van der Waals surface area contributed by atoms with Gasteiger partial charge in [-0.3, -0.25) is 0 Å². The Kier molecular flexibility index (Phi) is 3.15. The Morgan fingerprint density at radius 1 is 1.43 bits per heavy atom. The summed E-state index contributed by atoms with van der Waals surface area (Å²) in [4.78, 5) is 0. The molecule has 0 amide bonds. The van der Waals surface area contributed by atoms with E-state index in [0.29, 0.717) is 11.7 Å². The van der Waals surface area contributed by atoms with Crippen LogP contribution in [0.5, 0.6) is 0 Å². The van der Waals surface area contributed by atoms with Crippen LogP contribution >= 0.6 is 0 Å². The summed E-state index contributed by atoms with van der Waals surface area (Å²) in [5.41, 5.74) is 0. The lowest BCUT2D eigenvalue weighted by Gasteiger charge is -2.11. The lowest BCUT2D eigenvalue weighted by molar-refractivity contribution is 0.575. The third-order valence-corrected chi connectivity index (χ3v) is 1.33. The van der Waals surface area contributed by atoms with Crippen LogP contribution in [0.2, 0.25) is 5.82 Å². The van der Waals surface area contributed by atoms with E-state index in [-0.39, 0.29) is 0 Å². The van der Waals surface area contributed by atoms with Gasteiger partial charge in [-0.25, -0.2) is 0 Å². The van der Waals surface area contributed by atoms with Crippen LogP contribution < -0.4 is 0 Å². The zero-order valence-corrected chi connectivity index (χ0v) is 5.44. The van der Waals surface area contributed by atoms with Gasteiger partial charge in [0.05, 0.1) is 7.85 Å². The molecule has 0 N–H and O–H groups in total. The van der Waals surface area contributed by atoms with E-state index in [1.54, 1.807) is 0 Å². The van der Waals surface area contributed by atoms with Crippen molar-refractivity contribution in [1.82, 2.24) is 0 Å². The van der Waals surface area contributed by atoms with Gasteiger partial charge in [0.1, 0.15) is 0 Å². The molecule has 0 aromatic carbocycles. The van der Waals surface area contributed by atoms with Crippen molar-refractivity contribution >= 4 is 7.85 Å². The molecule has 0 aliphatic rings. The number of hydrogen-bond donors (Lipinski definition) is 0. The fourth-order valence-electron chi connectivity index (χ4n) is 0.471. The highest BCUT2D eigenvalue weighted by molar-refractivity contribution is 6.11. The van der Waals surface area contributed by atoms with Crippen molar-refractivity contribution in [2.45, 2.75) is 33.0 Å². The van der Waals surface area contributed by atoms with Gasteiger partial charge in [0.25, 0.3) is 0 Å². The van der Waals surface area contributed by atoms with E-state index in [1.165, 1.54) is 0 Å². The minimum atomic E-state index is 0.403. The lowest BCUT2D eigenvalue weighted by Crippen LogP contribution is -1.98. The lowest BCUT2D eigenvalue weighted by atomic mass is 9.77. The summed E-state index contributed by atoms with van der Waals surface area (Å²) in [6.45, 7) is 6.41. The molecule has 0 spiro atoms. The van der Waals surface area contributed by atoms with Crippen LogP contribution in [-0.4, -0.2) is 7.85 Å². The van der Waals surface area contributed by atoms with Crippen LogP contribution in [0.4, 0.5) is 0 Å². The predicted octanol–water partition coefficient (Wildman–Crippen LogP) is 2.01. The molecule has 0 aromatic rings. The van der Waals surface area contributed by atoms with Crippen molar-refractivity contribution in [2.24, 2.45) is 5.92 Å². The van der Waals surface area contributed by atoms with E-state index >= 15 is 0 Å². The molecule has 0 saturated heterocycles. The number of hydrogen-bond acceptors (Lipinski definition) is 0. The van der Waals surface area contributed by atoms with Crippen molar-refractivity contribution in [3.05, 3.63) is 0 Å². The smallest absolute Gasteiger partial charge is 0.0702 e. The Morgan fingerprint density at radius 3 is 1.86 bits per heavy atom. The number of rotatable bonds is 2. The van der Waals surface area contributed by atoms with E-state index in [1.807, 2.05) is 0 Å². The molecule has 0 aliphatic heterocycles. The zero-order chi connectivity index (χ0) is 5.86. The van der Waals surface area contributed by atoms with E-state index in [9.17, 15) is 0 Å². The molecule has 0 heterocycles. The summed E-state index contributed by atoms with van der Waals surface area (Å²) in [6.07, 6.45) is 1.09. The van der Waals surface area contributed by atoms with Crippen molar-refractivity contribution in [2.75, 3.05) is 0 Å². The summed E-state index contributed by atoms with van der Waals surface area (Å²) in [5, 5.41) is 0. The SMILES string of the molecule is [B]C(CC)C(C)C. The largest absolute Gasteiger partial charge is 0.0754 e. The highest BCUT2D eigenvalue weighted by Crippen LogP contribution is 2.15. The first kappa shape index (κ1) is 7.06. The minimum absolute atomic E-state index is 0.403. The predicted molar refractivity (Wildman–Crippen MR) is 34.6 cm³/mol. The molecule has 40 valence electrons. The van der Waals surface area contributed by atoms with Crippen molar-refractivity contribution in [3.63, 3.8) is 0 Å². The fraction of sp³-hybridized carbons (Fsp3) is 1.00. The van der Waals surface area contributed by atoms with Gasteiger partial charge in [-0.1, -0.05) is 38.9 Å². The van der Waals surface area contributed by atoms with Gasteiger partial charge in [-0.2, -0.15) is 0 Å². The molecule has 1 unspecified atom stereocenters. The Hall–Kier alpha value is 0.0649. The third kappa shape index (κ3) is 2.72. The summed E-state index contributed by atoms with van der Waals surface area (Å²) < 4.78 is 0. The Labute approximate surface area is 47.7 Å². The molecule has 2 radical (unpaired) electrons. The standard InChI is InChI=1S/C6H13B/c1-4-6(7)5(2)3/h5-6H,4H2,1-3H3. The quantitative estimate of drug-likeness (QED) is 0.461. The van der Waals surface area contributed by atoms with Crippen LogP contribution in [0.25, 0.3) is 0 Å². The van der Waals surface area contributed by atoms with Crippen LogP contribution in [0.3, 0.4) is 0 Å². The van der Waals surface area contributed by atoms with E-state index in [0.717, 1.165) is 6.42 Å². The molecular formula is C6H13B. The second kappa shape index (κ2) is 3.12. The topological polar surface area (TPSA) is 0 Å². The van der Waals surface area contributed by atoms with Crippen LogP contribution in [-0.2, 0) is 0 Å². The fourth-order valence-corrected chi connectivity index (χ4v) is 0.471. The molecular weight excluding hydrogens is 82.9 g/mol. The molecule has 0 aromatic heterocycles. The van der Waals surface area contributed by atoms with Crippen molar-refractivity contribution in [3.8, 4) is 0 Å². The normalized spacial score (nSPS) is 14.9. The van der Waals surface area contributed by atoms with Gasteiger partial charge < -0.3 is 0 Å². The summed E-state index contributed by atoms with van der Waals surface area (Å²) in [5.74, 6) is 1.05. The maximum absolute atomic E-state index is 5.62. The Balaban J connectivity index is 3.14. The zero-order valence-electron chi connectivity index (χ0n) is 5.44. The van der Waals surface area contributed by atoms with E-state index in [2.05, 4.69) is 20.8 Å². The van der Waals surface area contributed by atoms with Gasteiger partial charge >= 0.3 is 0 Å². The average molecular weight is 96.0 g/mol. The van der Waals surface area contributed by atoms with Crippen molar-refractivity contribution < 1.29 is 0 Å². The molecule has 0 fully saturated rings. The van der Waals surface area contributed by atoms with Gasteiger partial charge in [0.2, 0.25) is 0 Å². The maximum atomic E-state index is 5.62. The summed E-state index contributed by atoms with van der Waals surface area (Å²) >= 11 is 0. The second-order valence-electron chi connectivity index (χ2n) is 2.32. The minimum Gasteiger partial charge on any atom is -0.0754 e. The van der Waals surface area contributed by atoms with Gasteiger partial charge in [0.15, 0.2) is 0 Å². The monoisotopic (exact) mass is 96.1 g/mol. The maximum Gasteiger partial charge on any atom is 0.0702 e. The van der Waals surface area contributed by atoms with Gasteiger partial charge in [0, 0.05) is 0 Å². The summed E-state index contributed by atoms with van der Waals surface area (Å²) in [6, 6.07) is 0. The first-order valence-electron chi connectivity index (χ1n) is 2.94. The molecule has 0 nitrogen and oxygen atoms in total. The highest BCUT2D eigenvalue weighted by atomic mass is 14.0. The first-order chi connectivity index (χ1) is 3.18.